The van der Waals surface area contributed by atoms with Crippen LogP contribution < -0.4 is 5.11 Å². The Labute approximate surface area is 147 Å². The average Bonchev–Trinajstić information content (AvgIpc) is 3.05. The second kappa shape index (κ2) is 6.40. The summed E-state index contributed by atoms with van der Waals surface area (Å²) < 4.78 is 19.0. The molecule has 2 aromatic carbocycles. The van der Waals surface area contributed by atoms with Crippen LogP contribution in [0.15, 0.2) is 65.2 Å². The zero-order valence-electron chi connectivity index (χ0n) is 13.5. The number of nitrogens with zero attached hydrogens (tertiary/aromatic N) is 2. The third-order valence-corrected chi connectivity index (χ3v) is 3.97. The normalized spacial score (nSPS) is 11.0. The van der Waals surface area contributed by atoms with Crippen LogP contribution in [0.25, 0.3) is 33.7 Å². The van der Waals surface area contributed by atoms with Gasteiger partial charge in [-0.1, -0.05) is 6.07 Å². The van der Waals surface area contributed by atoms with E-state index < -0.39 is 5.97 Å². The third-order valence-electron chi connectivity index (χ3n) is 3.97. The molecule has 2 aromatic heterocycles. The van der Waals surface area contributed by atoms with E-state index in [1.165, 1.54) is 24.3 Å². The van der Waals surface area contributed by atoms with Crippen LogP contribution in [0, 0.1) is 5.82 Å². The molecule has 0 N–H and O–H groups in total. The number of pyridine rings is 1. The van der Waals surface area contributed by atoms with Crippen LogP contribution >= 0.6 is 0 Å². The molecular weight excluding hydrogens is 335 g/mol. The van der Waals surface area contributed by atoms with Gasteiger partial charge in [0.2, 0.25) is 5.89 Å². The minimum Gasteiger partial charge on any atom is -0.550 e. The van der Waals surface area contributed by atoms with Gasteiger partial charge in [0.05, 0.1) is 11.2 Å². The van der Waals surface area contributed by atoms with Gasteiger partial charge in [-0.05, 0) is 48.5 Å². The van der Waals surface area contributed by atoms with Gasteiger partial charge in [0.1, 0.15) is 5.82 Å². The smallest absolute Gasteiger partial charge is 0.227 e. The maximum atomic E-state index is 13.1. The van der Waals surface area contributed by atoms with Crippen LogP contribution in [-0.4, -0.2) is 15.9 Å². The van der Waals surface area contributed by atoms with E-state index in [9.17, 15) is 14.3 Å². The van der Waals surface area contributed by atoms with E-state index in [1.54, 1.807) is 12.3 Å². The number of carboxylic acid groups (broad SMARTS) is 1. The zero-order chi connectivity index (χ0) is 18.1. The number of hydrogen-bond acceptors (Lipinski definition) is 5. The van der Waals surface area contributed by atoms with Crippen molar-refractivity contribution in [2.75, 3.05) is 0 Å². The number of rotatable bonds is 4. The summed E-state index contributed by atoms with van der Waals surface area (Å²) in [6, 6.07) is 14.8. The minimum absolute atomic E-state index is 0.225. The molecule has 0 unspecified atom stereocenters. The lowest BCUT2D eigenvalue weighted by Crippen LogP contribution is -2.24. The van der Waals surface area contributed by atoms with Gasteiger partial charge < -0.3 is 14.3 Å². The van der Waals surface area contributed by atoms with E-state index in [2.05, 4.69) is 9.97 Å². The highest BCUT2D eigenvalue weighted by Crippen LogP contribution is 2.31. The SMILES string of the molecule is O=C([O-])Cc1nc(-c2ccc(F)cc2)oc1-c1ccc2ncccc2c1. The van der Waals surface area contributed by atoms with Crippen LogP contribution in [0.1, 0.15) is 5.69 Å². The summed E-state index contributed by atoms with van der Waals surface area (Å²) in [6.07, 6.45) is 1.32. The lowest BCUT2D eigenvalue weighted by atomic mass is 10.1. The van der Waals surface area contributed by atoms with Gasteiger partial charge in [0, 0.05) is 35.1 Å². The Hall–Kier alpha value is -3.54. The van der Waals surface area contributed by atoms with E-state index in [-0.39, 0.29) is 23.8 Å². The van der Waals surface area contributed by atoms with Crippen molar-refractivity contribution in [3.63, 3.8) is 0 Å². The summed E-state index contributed by atoms with van der Waals surface area (Å²) in [6.45, 7) is 0. The van der Waals surface area contributed by atoms with E-state index >= 15 is 0 Å². The monoisotopic (exact) mass is 347 g/mol. The predicted octanol–water partition coefficient (Wildman–Crippen LogP) is 2.99. The van der Waals surface area contributed by atoms with E-state index in [4.69, 9.17) is 4.42 Å². The van der Waals surface area contributed by atoms with Crippen LogP contribution in [0.3, 0.4) is 0 Å². The van der Waals surface area contributed by atoms with Crippen LogP contribution in [0.4, 0.5) is 4.39 Å². The highest BCUT2D eigenvalue weighted by Gasteiger charge is 2.17. The molecule has 5 nitrogen and oxygen atoms in total. The fourth-order valence-electron chi connectivity index (χ4n) is 2.77. The molecule has 4 rings (SSSR count). The summed E-state index contributed by atoms with van der Waals surface area (Å²) in [4.78, 5) is 19.6. The maximum Gasteiger partial charge on any atom is 0.227 e. The minimum atomic E-state index is -1.26. The molecule has 2 heterocycles. The lowest BCUT2D eigenvalue weighted by molar-refractivity contribution is -0.304. The largest absolute Gasteiger partial charge is 0.550 e. The zero-order valence-corrected chi connectivity index (χ0v) is 13.5. The Morgan fingerprint density at radius 1 is 1.08 bits per heavy atom. The number of halogens is 1. The fraction of sp³-hybridized carbons (Fsp3) is 0.0500. The molecule has 0 saturated carbocycles. The molecular formula is C20H12FN2O3-. The van der Waals surface area contributed by atoms with Crippen molar-refractivity contribution in [1.29, 1.82) is 0 Å². The predicted molar refractivity (Wildman–Crippen MR) is 91.3 cm³/mol. The topological polar surface area (TPSA) is 79.0 Å². The Balaban J connectivity index is 1.84. The number of oxazole rings is 1. The van der Waals surface area contributed by atoms with Crippen LogP contribution in [0.5, 0.6) is 0 Å². The van der Waals surface area contributed by atoms with Crippen LogP contribution in [-0.2, 0) is 11.2 Å². The second-order valence-corrected chi connectivity index (χ2v) is 5.76. The third kappa shape index (κ3) is 3.04. The van der Waals surface area contributed by atoms with Crippen molar-refractivity contribution < 1.29 is 18.7 Å². The van der Waals surface area contributed by atoms with Gasteiger partial charge in [-0.2, -0.15) is 0 Å². The quantitative estimate of drug-likeness (QED) is 0.567. The molecule has 128 valence electrons. The van der Waals surface area contributed by atoms with Crippen molar-refractivity contribution in [2.24, 2.45) is 0 Å². The maximum absolute atomic E-state index is 13.1. The first-order valence-corrected chi connectivity index (χ1v) is 7.91. The van der Waals surface area contributed by atoms with Crippen LogP contribution in [0.2, 0.25) is 0 Å². The number of aromatic nitrogens is 2. The average molecular weight is 347 g/mol. The molecule has 0 aliphatic heterocycles. The van der Waals surface area contributed by atoms with Gasteiger partial charge >= 0.3 is 0 Å². The molecule has 0 spiro atoms. The summed E-state index contributed by atoms with van der Waals surface area (Å²) >= 11 is 0. The summed E-state index contributed by atoms with van der Waals surface area (Å²) in [7, 11) is 0. The Morgan fingerprint density at radius 3 is 2.62 bits per heavy atom. The second-order valence-electron chi connectivity index (χ2n) is 5.76. The Bertz CT molecular complexity index is 1100. The molecule has 0 aliphatic carbocycles. The van der Waals surface area contributed by atoms with Gasteiger partial charge in [0.25, 0.3) is 0 Å². The van der Waals surface area contributed by atoms with Crippen molar-refractivity contribution >= 4 is 16.9 Å². The van der Waals surface area contributed by atoms with E-state index in [0.29, 0.717) is 16.9 Å². The first-order valence-electron chi connectivity index (χ1n) is 7.91. The number of hydrogen-bond donors (Lipinski definition) is 0. The number of fused-ring (bicyclic) bond motifs is 1. The van der Waals surface area contributed by atoms with Crippen molar-refractivity contribution in [3.05, 3.63) is 72.3 Å². The molecule has 6 heteroatoms. The Morgan fingerprint density at radius 2 is 1.85 bits per heavy atom. The summed E-state index contributed by atoms with van der Waals surface area (Å²) in [5.74, 6) is -1.06. The summed E-state index contributed by atoms with van der Waals surface area (Å²) in [5, 5.41) is 12.0. The number of carbonyl (C=O) groups excluding carboxylic acids is 1. The van der Waals surface area contributed by atoms with Gasteiger partial charge in [0.15, 0.2) is 5.76 Å². The first-order chi connectivity index (χ1) is 12.6. The fourth-order valence-corrected chi connectivity index (χ4v) is 2.77. The molecule has 0 atom stereocenters. The standard InChI is InChI=1S/C20H13FN2O3/c21-15-6-3-12(4-7-15)20-23-17(11-18(24)25)19(26-20)14-5-8-16-13(10-14)2-1-9-22-16/h1-10H,11H2,(H,24,25)/p-1. The van der Waals surface area contributed by atoms with Gasteiger partial charge in [-0.15, -0.1) is 0 Å². The molecule has 0 fully saturated rings. The molecule has 4 aromatic rings. The van der Waals surface area contributed by atoms with Gasteiger partial charge in [-0.25, -0.2) is 9.37 Å². The highest BCUT2D eigenvalue weighted by molar-refractivity contribution is 5.84. The van der Waals surface area contributed by atoms with E-state index in [1.807, 2.05) is 24.3 Å². The number of benzene rings is 2. The Kier molecular flexibility index (Phi) is 3.93. The van der Waals surface area contributed by atoms with Crippen molar-refractivity contribution in [1.82, 2.24) is 9.97 Å². The summed E-state index contributed by atoms with van der Waals surface area (Å²) in [5.41, 5.74) is 2.31. The molecule has 0 amide bonds. The van der Waals surface area contributed by atoms with E-state index in [0.717, 1.165) is 10.9 Å². The molecule has 0 radical (unpaired) electrons. The van der Waals surface area contributed by atoms with Crippen molar-refractivity contribution in [3.8, 4) is 22.8 Å². The lowest BCUT2D eigenvalue weighted by Gasteiger charge is -2.03. The molecule has 0 bridgehead atoms. The highest BCUT2D eigenvalue weighted by atomic mass is 19.1. The first kappa shape index (κ1) is 16.0. The molecule has 0 aliphatic rings. The van der Waals surface area contributed by atoms with Gasteiger partial charge in [-0.3, -0.25) is 4.98 Å². The van der Waals surface area contributed by atoms with Crippen molar-refractivity contribution in [2.45, 2.75) is 6.42 Å². The molecule has 0 saturated heterocycles. The number of carbonyl (C=O) groups is 1. The number of carboxylic acids is 1. The molecule has 26 heavy (non-hydrogen) atoms. The number of aliphatic carboxylic acids is 1.